The van der Waals surface area contributed by atoms with Crippen LogP contribution >= 0.6 is 0 Å². The predicted octanol–water partition coefficient (Wildman–Crippen LogP) is 13.6. The Kier molecular flexibility index (Phi) is 7.14. The molecule has 0 unspecified atom stereocenters. The van der Waals surface area contributed by atoms with E-state index in [9.17, 15) is 0 Å². The number of benzene rings is 9. The highest BCUT2D eigenvalue weighted by Crippen LogP contribution is 2.40. The SMILES string of the molecule is c1ccc(-c2nc(-c3cc4ccccc4c4ccccc34)nc(-c3cccc4oc5cc(-c6ccc(-c7cccc8ccccc78)cc6)ccc5c34)n2)cc1. The second-order valence-corrected chi connectivity index (χ2v) is 14.0. The molecule has 11 aromatic rings. The first-order valence-electron chi connectivity index (χ1n) is 18.5. The lowest BCUT2D eigenvalue weighted by molar-refractivity contribution is 0.669. The number of hydrogen-bond donors (Lipinski definition) is 0. The van der Waals surface area contributed by atoms with E-state index in [0.29, 0.717) is 17.5 Å². The first-order valence-corrected chi connectivity index (χ1v) is 18.5. The molecule has 256 valence electrons. The van der Waals surface area contributed by atoms with Crippen LogP contribution in [0.1, 0.15) is 0 Å². The standard InChI is InChI=1S/C51H31N3O/c1-2-13-35(14-3-1)49-52-50(54-51(53-49)45-30-37-15-5-7-18-40(37)41-19-8-9-20-42(41)45)44-22-11-23-46-48(44)43-29-28-36(31-47(43)55-46)32-24-26-34(27-25-32)39-21-10-16-33-12-4-6-17-38(33)39/h1-31H. The van der Waals surface area contributed by atoms with Crippen molar-refractivity contribution < 1.29 is 4.42 Å². The Balaban J connectivity index is 1.05. The summed E-state index contributed by atoms with van der Waals surface area (Å²) in [6.07, 6.45) is 0. The molecule has 0 fully saturated rings. The quantitative estimate of drug-likeness (QED) is 0.168. The summed E-state index contributed by atoms with van der Waals surface area (Å²) in [5.41, 5.74) is 9.04. The van der Waals surface area contributed by atoms with Gasteiger partial charge in [0.1, 0.15) is 11.2 Å². The molecular weight excluding hydrogens is 671 g/mol. The van der Waals surface area contributed by atoms with E-state index in [0.717, 1.165) is 60.5 Å². The zero-order valence-corrected chi connectivity index (χ0v) is 29.6. The largest absolute Gasteiger partial charge is 0.456 e. The van der Waals surface area contributed by atoms with Crippen molar-refractivity contribution in [1.29, 1.82) is 0 Å². The van der Waals surface area contributed by atoms with E-state index in [1.54, 1.807) is 0 Å². The van der Waals surface area contributed by atoms with E-state index in [1.165, 1.54) is 32.7 Å². The van der Waals surface area contributed by atoms with Crippen LogP contribution in [0.15, 0.2) is 192 Å². The van der Waals surface area contributed by atoms with Gasteiger partial charge in [0.05, 0.1) is 0 Å². The summed E-state index contributed by atoms with van der Waals surface area (Å²) in [4.78, 5) is 15.5. The van der Waals surface area contributed by atoms with Crippen LogP contribution in [0.25, 0.3) is 111 Å². The third-order valence-electron chi connectivity index (χ3n) is 10.7. The number of rotatable bonds is 5. The van der Waals surface area contributed by atoms with E-state index in [4.69, 9.17) is 19.4 Å². The van der Waals surface area contributed by atoms with Crippen LogP contribution in [0, 0.1) is 0 Å². The molecule has 0 radical (unpaired) electrons. The van der Waals surface area contributed by atoms with E-state index in [1.807, 2.05) is 42.5 Å². The van der Waals surface area contributed by atoms with Crippen LogP contribution in [-0.4, -0.2) is 15.0 Å². The van der Waals surface area contributed by atoms with Crippen molar-refractivity contribution in [1.82, 2.24) is 15.0 Å². The number of furan rings is 1. The van der Waals surface area contributed by atoms with Crippen LogP contribution in [0.2, 0.25) is 0 Å². The highest BCUT2D eigenvalue weighted by atomic mass is 16.3. The Morgan fingerprint density at radius 2 is 0.891 bits per heavy atom. The number of aromatic nitrogens is 3. The van der Waals surface area contributed by atoms with Gasteiger partial charge in [-0.25, -0.2) is 15.0 Å². The summed E-state index contributed by atoms with van der Waals surface area (Å²) < 4.78 is 6.58. The minimum Gasteiger partial charge on any atom is -0.456 e. The minimum absolute atomic E-state index is 0.600. The molecule has 2 aromatic heterocycles. The molecule has 0 saturated heterocycles. The highest BCUT2D eigenvalue weighted by Gasteiger charge is 2.20. The summed E-state index contributed by atoms with van der Waals surface area (Å²) >= 11 is 0. The average molecular weight is 702 g/mol. The minimum atomic E-state index is 0.600. The maximum Gasteiger partial charge on any atom is 0.164 e. The average Bonchev–Trinajstić information content (AvgIpc) is 3.64. The second-order valence-electron chi connectivity index (χ2n) is 14.0. The molecule has 0 N–H and O–H groups in total. The molecule has 4 heteroatoms. The second kappa shape index (κ2) is 12.6. The molecule has 0 atom stereocenters. The van der Waals surface area contributed by atoms with Gasteiger partial charge in [-0.15, -0.1) is 0 Å². The molecule has 0 amide bonds. The van der Waals surface area contributed by atoms with Gasteiger partial charge in [-0.2, -0.15) is 0 Å². The molecule has 0 aliphatic rings. The molecule has 0 bridgehead atoms. The van der Waals surface area contributed by atoms with Gasteiger partial charge in [0, 0.05) is 27.5 Å². The van der Waals surface area contributed by atoms with Crippen molar-refractivity contribution >= 4 is 54.3 Å². The van der Waals surface area contributed by atoms with E-state index >= 15 is 0 Å². The van der Waals surface area contributed by atoms with Gasteiger partial charge < -0.3 is 4.42 Å². The van der Waals surface area contributed by atoms with Crippen molar-refractivity contribution in [2.45, 2.75) is 0 Å². The summed E-state index contributed by atoms with van der Waals surface area (Å²) in [6.45, 7) is 0. The lowest BCUT2D eigenvalue weighted by atomic mass is 9.96. The molecule has 0 spiro atoms. The van der Waals surface area contributed by atoms with Gasteiger partial charge in [0.15, 0.2) is 17.5 Å². The first kappa shape index (κ1) is 31.1. The number of hydrogen-bond acceptors (Lipinski definition) is 4. The van der Waals surface area contributed by atoms with Crippen LogP contribution in [0.3, 0.4) is 0 Å². The molecule has 4 nitrogen and oxygen atoms in total. The van der Waals surface area contributed by atoms with Gasteiger partial charge in [-0.3, -0.25) is 0 Å². The van der Waals surface area contributed by atoms with Crippen LogP contribution < -0.4 is 0 Å². The van der Waals surface area contributed by atoms with E-state index in [2.05, 4.69) is 146 Å². The van der Waals surface area contributed by atoms with Crippen LogP contribution in [0.4, 0.5) is 0 Å². The van der Waals surface area contributed by atoms with Crippen molar-refractivity contribution in [2.24, 2.45) is 0 Å². The fourth-order valence-corrected chi connectivity index (χ4v) is 8.08. The third-order valence-corrected chi connectivity index (χ3v) is 10.7. The monoisotopic (exact) mass is 701 g/mol. The Morgan fingerprint density at radius 1 is 0.291 bits per heavy atom. The fourth-order valence-electron chi connectivity index (χ4n) is 8.08. The van der Waals surface area contributed by atoms with Gasteiger partial charge in [0.25, 0.3) is 0 Å². The third kappa shape index (κ3) is 5.26. The molecular formula is C51H31N3O. The van der Waals surface area contributed by atoms with Crippen molar-refractivity contribution in [3.05, 3.63) is 188 Å². The lowest BCUT2D eigenvalue weighted by Gasteiger charge is -2.12. The van der Waals surface area contributed by atoms with Gasteiger partial charge in [-0.1, -0.05) is 164 Å². The Labute approximate surface area is 317 Å². The summed E-state index contributed by atoms with van der Waals surface area (Å²) in [5.74, 6) is 1.85. The Morgan fingerprint density at radius 3 is 1.73 bits per heavy atom. The van der Waals surface area contributed by atoms with Crippen molar-refractivity contribution in [2.75, 3.05) is 0 Å². The van der Waals surface area contributed by atoms with Gasteiger partial charge in [0.2, 0.25) is 0 Å². The molecule has 11 rings (SSSR count). The Hall–Kier alpha value is -7.43. The number of nitrogens with zero attached hydrogens (tertiary/aromatic N) is 3. The molecule has 2 heterocycles. The topological polar surface area (TPSA) is 51.8 Å². The lowest BCUT2D eigenvalue weighted by Crippen LogP contribution is -2.01. The molecule has 0 aliphatic heterocycles. The summed E-state index contributed by atoms with van der Waals surface area (Å²) in [6, 6.07) is 65.8. The summed E-state index contributed by atoms with van der Waals surface area (Å²) in [5, 5.41) is 9.10. The molecule has 55 heavy (non-hydrogen) atoms. The normalized spacial score (nSPS) is 11.6. The van der Waals surface area contributed by atoms with Crippen molar-refractivity contribution in [3.63, 3.8) is 0 Å². The molecule has 0 saturated carbocycles. The fraction of sp³-hybridized carbons (Fsp3) is 0. The van der Waals surface area contributed by atoms with E-state index < -0.39 is 0 Å². The molecule has 0 aliphatic carbocycles. The van der Waals surface area contributed by atoms with Crippen LogP contribution in [0.5, 0.6) is 0 Å². The maximum atomic E-state index is 6.58. The zero-order valence-electron chi connectivity index (χ0n) is 29.6. The van der Waals surface area contributed by atoms with Gasteiger partial charge >= 0.3 is 0 Å². The van der Waals surface area contributed by atoms with Crippen LogP contribution in [-0.2, 0) is 0 Å². The summed E-state index contributed by atoms with van der Waals surface area (Å²) in [7, 11) is 0. The Bertz CT molecular complexity index is 3250. The maximum absolute atomic E-state index is 6.58. The zero-order chi connectivity index (χ0) is 36.3. The van der Waals surface area contributed by atoms with Crippen molar-refractivity contribution in [3.8, 4) is 56.4 Å². The predicted molar refractivity (Wildman–Crippen MR) is 227 cm³/mol. The van der Waals surface area contributed by atoms with E-state index in [-0.39, 0.29) is 0 Å². The number of fused-ring (bicyclic) bond motifs is 7. The smallest absolute Gasteiger partial charge is 0.164 e. The van der Waals surface area contributed by atoms with Gasteiger partial charge in [-0.05, 0) is 78.8 Å². The highest BCUT2D eigenvalue weighted by molar-refractivity contribution is 6.14. The first-order chi connectivity index (χ1) is 27.2. The molecule has 9 aromatic carbocycles.